The van der Waals surface area contributed by atoms with Crippen molar-refractivity contribution in [1.29, 1.82) is 0 Å². The van der Waals surface area contributed by atoms with Crippen molar-refractivity contribution in [2.75, 3.05) is 13.1 Å². The maximum atomic E-state index is 6.55. The summed E-state index contributed by atoms with van der Waals surface area (Å²) in [6.45, 7) is 1.90. The van der Waals surface area contributed by atoms with E-state index < -0.39 is 0 Å². The van der Waals surface area contributed by atoms with Crippen LogP contribution >= 0.6 is 46.6 Å². The van der Waals surface area contributed by atoms with Crippen LogP contribution < -0.4 is 10.1 Å². The molecule has 2 aliphatic heterocycles. The SMILES string of the molecule is Clc1cc(Cl)c(-c2cc(Sc3ccccc3)c3c(c2)C2CNCCC2O3)c(Cl)c1. The number of piperidine rings is 1. The Labute approximate surface area is 189 Å². The topological polar surface area (TPSA) is 21.3 Å². The van der Waals surface area contributed by atoms with Gasteiger partial charge in [-0.1, -0.05) is 64.8 Å². The Morgan fingerprint density at radius 2 is 1.72 bits per heavy atom. The average molecular weight is 463 g/mol. The zero-order chi connectivity index (χ0) is 20.0. The Balaban J connectivity index is 1.67. The van der Waals surface area contributed by atoms with Gasteiger partial charge in [0.15, 0.2) is 0 Å². The van der Waals surface area contributed by atoms with Gasteiger partial charge in [0.05, 0.1) is 14.9 Å². The molecular weight excluding hydrogens is 445 g/mol. The fourth-order valence-electron chi connectivity index (χ4n) is 4.12. The largest absolute Gasteiger partial charge is 0.488 e. The van der Waals surface area contributed by atoms with Crippen molar-refractivity contribution in [3.8, 4) is 16.9 Å². The first-order valence-electron chi connectivity index (χ1n) is 9.53. The molecule has 0 amide bonds. The lowest BCUT2D eigenvalue weighted by molar-refractivity contribution is 0.169. The second kappa shape index (κ2) is 8.05. The van der Waals surface area contributed by atoms with E-state index in [0.29, 0.717) is 21.0 Å². The van der Waals surface area contributed by atoms with Gasteiger partial charge in [-0.15, -0.1) is 0 Å². The number of halogens is 3. The first-order valence-corrected chi connectivity index (χ1v) is 11.5. The third kappa shape index (κ3) is 3.75. The highest BCUT2D eigenvalue weighted by molar-refractivity contribution is 7.99. The van der Waals surface area contributed by atoms with Crippen molar-refractivity contribution >= 4 is 46.6 Å². The van der Waals surface area contributed by atoms with Crippen molar-refractivity contribution in [2.24, 2.45) is 0 Å². The number of ether oxygens (including phenoxy) is 1. The predicted octanol–water partition coefficient (Wildman–Crippen LogP) is 7.30. The molecule has 1 N–H and O–H groups in total. The number of rotatable bonds is 3. The lowest BCUT2D eigenvalue weighted by Crippen LogP contribution is -2.37. The highest BCUT2D eigenvalue weighted by Crippen LogP contribution is 2.50. The van der Waals surface area contributed by atoms with E-state index in [4.69, 9.17) is 39.5 Å². The molecule has 5 rings (SSSR count). The minimum absolute atomic E-state index is 0.216. The van der Waals surface area contributed by atoms with Gasteiger partial charge in [-0.25, -0.2) is 0 Å². The van der Waals surface area contributed by atoms with E-state index in [1.54, 1.807) is 23.9 Å². The van der Waals surface area contributed by atoms with E-state index in [9.17, 15) is 0 Å². The number of fused-ring (bicyclic) bond motifs is 3. The monoisotopic (exact) mass is 461 g/mol. The molecule has 6 heteroatoms. The summed E-state index contributed by atoms with van der Waals surface area (Å²) in [5.74, 6) is 1.32. The summed E-state index contributed by atoms with van der Waals surface area (Å²) in [7, 11) is 0. The Morgan fingerprint density at radius 3 is 2.48 bits per heavy atom. The molecule has 148 valence electrons. The van der Waals surface area contributed by atoms with E-state index >= 15 is 0 Å². The van der Waals surface area contributed by atoms with Crippen molar-refractivity contribution in [3.63, 3.8) is 0 Å². The average Bonchev–Trinajstić information content (AvgIpc) is 3.07. The third-order valence-corrected chi connectivity index (χ3v) is 7.28. The molecule has 0 spiro atoms. The van der Waals surface area contributed by atoms with E-state index in [1.165, 1.54) is 5.56 Å². The summed E-state index contributed by atoms with van der Waals surface area (Å²) < 4.78 is 6.44. The van der Waals surface area contributed by atoms with Crippen LogP contribution in [0.25, 0.3) is 11.1 Å². The first kappa shape index (κ1) is 19.6. The van der Waals surface area contributed by atoms with E-state index in [-0.39, 0.29) is 6.10 Å². The maximum absolute atomic E-state index is 6.55. The highest BCUT2D eigenvalue weighted by Gasteiger charge is 2.38. The number of hydrogen-bond acceptors (Lipinski definition) is 3. The molecule has 1 fully saturated rings. The van der Waals surface area contributed by atoms with E-state index in [2.05, 4.69) is 29.6 Å². The lowest BCUT2D eigenvalue weighted by atomic mass is 9.89. The van der Waals surface area contributed by atoms with Crippen LogP contribution in [-0.4, -0.2) is 19.2 Å². The van der Waals surface area contributed by atoms with Crippen molar-refractivity contribution in [3.05, 3.63) is 75.2 Å². The molecule has 1 saturated heterocycles. The molecule has 0 radical (unpaired) electrons. The van der Waals surface area contributed by atoms with Gasteiger partial charge < -0.3 is 10.1 Å². The number of hydrogen-bond donors (Lipinski definition) is 1. The second-order valence-corrected chi connectivity index (χ2v) is 9.67. The van der Waals surface area contributed by atoms with Gasteiger partial charge in [0, 0.05) is 33.5 Å². The van der Waals surface area contributed by atoms with Crippen molar-refractivity contribution in [1.82, 2.24) is 5.32 Å². The minimum Gasteiger partial charge on any atom is -0.488 e. The van der Waals surface area contributed by atoms with Gasteiger partial charge >= 0.3 is 0 Å². The Kier molecular flexibility index (Phi) is 5.44. The standard InChI is InChI=1S/C23H18Cl3NOS/c24-14-10-18(25)22(19(26)11-14)13-8-16-17-12-27-7-6-20(17)28-23(16)21(9-13)29-15-4-2-1-3-5-15/h1-5,8-11,17,20,27H,6-7,12H2. The summed E-state index contributed by atoms with van der Waals surface area (Å²) in [6, 6.07) is 18.1. The van der Waals surface area contributed by atoms with Crippen LogP contribution in [0.1, 0.15) is 17.9 Å². The molecule has 2 aliphatic rings. The third-order valence-electron chi connectivity index (χ3n) is 5.44. The predicted molar refractivity (Wildman–Crippen MR) is 122 cm³/mol. The van der Waals surface area contributed by atoms with Gasteiger partial charge in [0.25, 0.3) is 0 Å². The lowest BCUT2D eigenvalue weighted by Gasteiger charge is -2.25. The molecule has 2 heterocycles. The zero-order valence-corrected chi connectivity index (χ0v) is 18.5. The summed E-state index contributed by atoms with van der Waals surface area (Å²) in [4.78, 5) is 2.25. The summed E-state index contributed by atoms with van der Waals surface area (Å²) in [5.41, 5.74) is 3.02. The molecule has 0 saturated carbocycles. The number of benzene rings is 3. The fraction of sp³-hybridized carbons (Fsp3) is 0.217. The molecule has 3 aromatic carbocycles. The smallest absolute Gasteiger partial charge is 0.137 e. The van der Waals surface area contributed by atoms with E-state index in [1.807, 2.05) is 18.2 Å². The van der Waals surface area contributed by atoms with Crippen LogP contribution in [0.5, 0.6) is 5.75 Å². The van der Waals surface area contributed by atoms with Crippen LogP contribution in [0.2, 0.25) is 15.1 Å². The molecular formula is C23H18Cl3NOS. The molecule has 3 aromatic rings. The molecule has 0 aromatic heterocycles. The molecule has 2 nitrogen and oxygen atoms in total. The summed E-state index contributed by atoms with van der Waals surface area (Å²) in [6.07, 6.45) is 1.22. The Bertz CT molecular complexity index is 1050. The Morgan fingerprint density at radius 1 is 0.966 bits per heavy atom. The van der Waals surface area contributed by atoms with Crippen LogP contribution in [-0.2, 0) is 0 Å². The van der Waals surface area contributed by atoms with Crippen LogP contribution in [0.3, 0.4) is 0 Å². The Hall–Kier alpha value is -1.36. The van der Waals surface area contributed by atoms with Crippen LogP contribution in [0, 0.1) is 0 Å². The first-order chi connectivity index (χ1) is 14.1. The van der Waals surface area contributed by atoms with Gasteiger partial charge in [-0.3, -0.25) is 0 Å². The number of nitrogens with one attached hydrogen (secondary N) is 1. The molecule has 0 bridgehead atoms. The zero-order valence-electron chi connectivity index (χ0n) is 15.4. The van der Waals surface area contributed by atoms with Crippen LogP contribution in [0.4, 0.5) is 0 Å². The van der Waals surface area contributed by atoms with Gasteiger partial charge in [-0.2, -0.15) is 0 Å². The van der Waals surface area contributed by atoms with Gasteiger partial charge in [0.2, 0.25) is 0 Å². The van der Waals surface area contributed by atoms with Crippen molar-refractivity contribution in [2.45, 2.75) is 28.2 Å². The van der Waals surface area contributed by atoms with Gasteiger partial charge in [-0.05, 0) is 54.9 Å². The normalized spacial score (nSPS) is 20.1. The molecule has 2 atom stereocenters. The molecule has 0 aliphatic carbocycles. The fourth-order valence-corrected chi connectivity index (χ4v) is 6.14. The van der Waals surface area contributed by atoms with E-state index in [0.717, 1.165) is 46.2 Å². The quantitative estimate of drug-likeness (QED) is 0.441. The minimum atomic E-state index is 0.216. The highest BCUT2D eigenvalue weighted by atomic mass is 35.5. The summed E-state index contributed by atoms with van der Waals surface area (Å²) >= 11 is 20.9. The second-order valence-electron chi connectivity index (χ2n) is 7.31. The molecule has 2 unspecified atom stereocenters. The molecule has 29 heavy (non-hydrogen) atoms. The summed E-state index contributed by atoms with van der Waals surface area (Å²) in [5, 5.41) is 5.13. The maximum Gasteiger partial charge on any atom is 0.137 e. The van der Waals surface area contributed by atoms with Gasteiger partial charge in [0.1, 0.15) is 11.9 Å². The van der Waals surface area contributed by atoms with Crippen LogP contribution in [0.15, 0.2) is 64.4 Å². The van der Waals surface area contributed by atoms with Crippen molar-refractivity contribution < 1.29 is 4.74 Å².